The van der Waals surface area contributed by atoms with E-state index in [-0.39, 0.29) is 0 Å². The molecule has 0 spiro atoms. The zero-order chi connectivity index (χ0) is 10.0. The Morgan fingerprint density at radius 2 is 2.15 bits per heavy atom. The number of rotatable bonds is 2. The Morgan fingerprint density at radius 3 is 2.69 bits per heavy atom. The van der Waals surface area contributed by atoms with Crippen molar-refractivity contribution in [2.24, 2.45) is 0 Å². The molecule has 1 atom stereocenters. The third kappa shape index (κ3) is 2.29. The summed E-state index contributed by atoms with van der Waals surface area (Å²) in [6.45, 7) is 1.84. The molecule has 1 rings (SSSR count). The van der Waals surface area contributed by atoms with Crippen LogP contribution in [0.15, 0.2) is 22.7 Å². The molecule has 0 fully saturated rings. The van der Waals surface area contributed by atoms with E-state index in [2.05, 4.69) is 15.9 Å². The average Bonchev–Trinajstić information content (AvgIpc) is 2.08. The lowest BCUT2D eigenvalue weighted by atomic mass is 10.1. The molecule has 0 radical (unpaired) electrons. The minimum atomic E-state index is -1.46. The first kappa shape index (κ1) is 10.2. The summed E-state index contributed by atoms with van der Waals surface area (Å²) in [7, 11) is 0. The fourth-order valence-corrected chi connectivity index (χ4v) is 1.47. The highest BCUT2D eigenvalue weighted by Gasteiger charge is 2.18. The first-order valence-corrected chi connectivity index (χ1v) is 4.48. The van der Waals surface area contributed by atoms with Crippen molar-refractivity contribution in [2.45, 2.75) is 13.0 Å². The Labute approximate surface area is 84.1 Å². The van der Waals surface area contributed by atoms with Gasteiger partial charge in [-0.2, -0.15) is 0 Å². The Balaban J connectivity index is 3.12. The zero-order valence-electron chi connectivity index (χ0n) is 6.99. The summed E-state index contributed by atoms with van der Waals surface area (Å²) in [4.78, 5) is 10.5. The molecule has 13 heavy (non-hydrogen) atoms. The molecule has 1 aromatic carbocycles. The molecule has 0 saturated carbocycles. The summed E-state index contributed by atoms with van der Waals surface area (Å²) in [6, 6.07) is 5.20. The van der Waals surface area contributed by atoms with Gasteiger partial charge in [-0.3, -0.25) is 0 Å². The third-order valence-electron chi connectivity index (χ3n) is 1.68. The topological polar surface area (TPSA) is 57.5 Å². The number of carboxylic acid groups (broad SMARTS) is 1. The first-order chi connectivity index (χ1) is 6.02. The van der Waals surface area contributed by atoms with Crippen LogP contribution in [0.3, 0.4) is 0 Å². The van der Waals surface area contributed by atoms with Crippen LogP contribution < -0.4 is 0 Å². The van der Waals surface area contributed by atoms with Gasteiger partial charge >= 0.3 is 5.97 Å². The number of aliphatic hydroxyl groups is 1. The van der Waals surface area contributed by atoms with Gasteiger partial charge in [-0.05, 0) is 13.0 Å². The largest absolute Gasteiger partial charge is 0.479 e. The Kier molecular flexibility index (Phi) is 3.06. The van der Waals surface area contributed by atoms with Crippen molar-refractivity contribution in [1.29, 1.82) is 0 Å². The fraction of sp³-hybridized carbons (Fsp3) is 0.222. The third-order valence-corrected chi connectivity index (χ3v) is 2.40. The summed E-state index contributed by atoms with van der Waals surface area (Å²) < 4.78 is 0.605. The lowest BCUT2D eigenvalue weighted by Gasteiger charge is -2.08. The van der Waals surface area contributed by atoms with Crippen molar-refractivity contribution >= 4 is 21.9 Å². The highest BCUT2D eigenvalue weighted by molar-refractivity contribution is 9.10. The molecular weight excluding hydrogens is 236 g/mol. The van der Waals surface area contributed by atoms with Crippen molar-refractivity contribution in [3.8, 4) is 0 Å². The minimum absolute atomic E-state index is 0.382. The van der Waals surface area contributed by atoms with Crippen LogP contribution in [0.5, 0.6) is 0 Å². The number of benzene rings is 1. The summed E-state index contributed by atoms with van der Waals surface area (Å²) in [5, 5.41) is 17.9. The Morgan fingerprint density at radius 1 is 1.54 bits per heavy atom. The number of carbonyl (C=O) groups is 1. The fourth-order valence-electron chi connectivity index (χ4n) is 1.01. The van der Waals surface area contributed by atoms with Gasteiger partial charge in [0.25, 0.3) is 0 Å². The number of carboxylic acids is 1. The maximum absolute atomic E-state index is 10.5. The highest BCUT2D eigenvalue weighted by atomic mass is 79.9. The molecule has 2 N–H and O–H groups in total. The van der Waals surface area contributed by atoms with Crippen LogP contribution in [-0.4, -0.2) is 16.2 Å². The predicted molar refractivity (Wildman–Crippen MR) is 51.5 cm³/mol. The normalized spacial score (nSPS) is 12.5. The zero-order valence-corrected chi connectivity index (χ0v) is 8.58. The van der Waals surface area contributed by atoms with E-state index in [9.17, 15) is 9.90 Å². The van der Waals surface area contributed by atoms with Crippen LogP contribution >= 0.6 is 15.9 Å². The molecule has 0 aliphatic carbocycles. The van der Waals surface area contributed by atoms with Crippen LogP contribution in [0.1, 0.15) is 17.2 Å². The molecule has 70 valence electrons. The average molecular weight is 245 g/mol. The smallest absolute Gasteiger partial charge is 0.337 e. The monoisotopic (exact) mass is 244 g/mol. The van der Waals surface area contributed by atoms with Crippen molar-refractivity contribution in [2.75, 3.05) is 0 Å². The number of aryl methyl sites for hydroxylation is 1. The van der Waals surface area contributed by atoms with E-state index in [1.807, 2.05) is 13.0 Å². The number of hydrogen-bond donors (Lipinski definition) is 2. The molecule has 3 nitrogen and oxygen atoms in total. The molecule has 1 aromatic rings. The van der Waals surface area contributed by atoms with Crippen molar-refractivity contribution < 1.29 is 15.0 Å². The molecule has 0 aliphatic rings. The van der Waals surface area contributed by atoms with E-state index in [4.69, 9.17) is 5.11 Å². The van der Waals surface area contributed by atoms with Crippen LogP contribution in [0, 0.1) is 6.92 Å². The molecule has 0 aliphatic heterocycles. The van der Waals surface area contributed by atoms with Gasteiger partial charge < -0.3 is 10.2 Å². The van der Waals surface area contributed by atoms with Gasteiger partial charge in [0.15, 0.2) is 6.10 Å². The van der Waals surface area contributed by atoms with Crippen molar-refractivity contribution in [1.82, 2.24) is 0 Å². The summed E-state index contributed by atoms with van der Waals surface area (Å²) in [5.41, 5.74) is 1.30. The van der Waals surface area contributed by atoms with E-state index in [1.165, 1.54) is 0 Å². The van der Waals surface area contributed by atoms with Crippen molar-refractivity contribution in [3.63, 3.8) is 0 Å². The standard InChI is InChI=1S/C9H9BrO3/c1-5-2-3-7(10)6(4-5)8(11)9(12)13/h2-4,8,11H,1H3,(H,12,13). The molecule has 0 amide bonds. The second kappa shape index (κ2) is 3.89. The van der Waals surface area contributed by atoms with E-state index in [0.717, 1.165) is 5.56 Å². The van der Waals surface area contributed by atoms with Gasteiger partial charge in [0, 0.05) is 10.0 Å². The van der Waals surface area contributed by atoms with Gasteiger partial charge in [0.2, 0.25) is 0 Å². The van der Waals surface area contributed by atoms with Gasteiger partial charge in [0.05, 0.1) is 0 Å². The molecule has 0 saturated heterocycles. The van der Waals surface area contributed by atoms with Gasteiger partial charge in [-0.25, -0.2) is 4.79 Å². The summed E-state index contributed by atoms with van der Waals surface area (Å²) in [6.07, 6.45) is -1.46. The second-order valence-corrected chi connectivity index (χ2v) is 3.62. The highest BCUT2D eigenvalue weighted by Crippen LogP contribution is 2.24. The number of hydrogen-bond acceptors (Lipinski definition) is 2. The molecule has 1 unspecified atom stereocenters. The van der Waals surface area contributed by atoms with Crippen molar-refractivity contribution in [3.05, 3.63) is 33.8 Å². The van der Waals surface area contributed by atoms with Gasteiger partial charge in [0.1, 0.15) is 0 Å². The molecule has 0 bridgehead atoms. The van der Waals surface area contributed by atoms with Crippen LogP contribution in [0.4, 0.5) is 0 Å². The maximum atomic E-state index is 10.5. The van der Waals surface area contributed by atoms with Crippen LogP contribution in [0.25, 0.3) is 0 Å². The van der Waals surface area contributed by atoms with Crippen LogP contribution in [-0.2, 0) is 4.79 Å². The van der Waals surface area contributed by atoms with E-state index in [1.54, 1.807) is 12.1 Å². The number of aliphatic carboxylic acids is 1. The molecule has 0 aromatic heterocycles. The molecular formula is C9H9BrO3. The Bertz CT molecular complexity index is 336. The van der Waals surface area contributed by atoms with Gasteiger partial charge in [-0.15, -0.1) is 0 Å². The minimum Gasteiger partial charge on any atom is -0.479 e. The SMILES string of the molecule is Cc1ccc(Br)c(C(O)C(=O)O)c1. The maximum Gasteiger partial charge on any atom is 0.337 e. The van der Waals surface area contributed by atoms with Crippen LogP contribution in [0.2, 0.25) is 0 Å². The van der Waals surface area contributed by atoms with E-state index < -0.39 is 12.1 Å². The lowest BCUT2D eigenvalue weighted by molar-refractivity contribution is -0.147. The Hall–Kier alpha value is -0.870. The summed E-state index contributed by atoms with van der Waals surface area (Å²) >= 11 is 3.18. The lowest BCUT2D eigenvalue weighted by Crippen LogP contribution is -2.11. The number of aliphatic hydroxyl groups excluding tert-OH is 1. The second-order valence-electron chi connectivity index (χ2n) is 2.77. The number of halogens is 1. The van der Waals surface area contributed by atoms with E-state index in [0.29, 0.717) is 10.0 Å². The van der Waals surface area contributed by atoms with E-state index >= 15 is 0 Å². The first-order valence-electron chi connectivity index (χ1n) is 3.69. The predicted octanol–water partition coefficient (Wildman–Crippen LogP) is 1.88. The quantitative estimate of drug-likeness (QED) is 0.836. The summed E-state index contributed by atoms with van der Waals surface area (Å²) in [5.74, 6) is -1.24. The molecule has 4 heteroatoms. The van der Waals surface area contributed by atoms with Gasteiger partial charge in [-0.1, -0.05) is 33.6 Å². The molecule has 0 heterocycles.